The Morgan fingerprint density at radius 1 is 0.875 bits per heavy atom. The number of hydrogen-bond acceptors (Lipinski definition) is 3. The summed E-state index contributed by atoms with van der Waals surface area (Å²) in [7, 11) is 0. The average molecular weight is 479 g/mol. The fraction of sp³-hybridized carbons (Fsp3) is 0.0400. The summed E-state index contributed by atoms with van der Waals surface area (Å²) in [5.74, 6) is 0.355. The Hall–Kier alpha value is -2.99. The Bertz CT molecular complexity index is 1210. The molecule has 3 N–H and O–H groups in total. The summed E-state index contributed by atoms with van der Waals surface area (Å²) >= 11 is 13.6. The first-order valence-electron chi connectivity index (χ1n) is 9.87. The van der Waals surface area contributed by atoms with Gasteiger partial charge in [-0.1, -0.05) is 65.7 Å². The van der Waals surface area contributed by atoms with E-state index in [9.17, 15) is 0 Å². The predicted molar refractivity (Wildman–Crippen MR) is 136 cm³/mol. The third-order valence-corrected chi connectivity index (χ3v) is 5.99. The first kappa shape index (κ1) is 22.2. The van der Waals surface area contributed by atoms with Gasteiger partial charge in [-0.05, 0) is 65.5 Å². The first-order valence-corrected chi connectivity index (χ1v) is 11.4. The van der Waals surface area contributed by atoms with E-state index in [1.54, 1.807) is 0 Å². The summed E-state index contributed by atoms with van der Waals surface area (Å²) in [6.07, 6.45) is 1.82. The Labute approximate surface area is 201 Å². The van der Waals surface area contributed by atoms with Gasteiger partial charge in [0.05, 0.1) is 12.2 Å². The third kappa shape index (κ3) is 5.82. The maximum Gasteiger partial charge on any atom is 0.199 e. The van der Waals surface area contributed by atoms with Gasteiger partial charge in [-0.2, -0.15) is 0 Å². The average Bonchev–Trinajstić information content (AvgIpc) is 2.83. The van der Waals surface area contributed by atoms with Gasteiger partial charge in [-0.25, -0.2) is 4.99 Å². The fourth-order valence-electron chi connectivity index (χ4n) is 3.09. The van der Waals surface area contributed by atoms with Gasteiger partial charge in [-0.15, -0.1) is 0 Å². The van der Waals surface area contributed by atoms with Crippen LogP contribution in [0.3, 0.4) is 0 Å². The molecule has 0 spiro atoms. The van der Waals surface area contributed by atoms with Crippen molar-refractivity contribution in [2.45, 2.75) is 11.4 Å². The van der Waals surface area contributed by atoms with Crippen LogP contribution in [0.2, 0.25) is 10.0 Å². The van der Waals surface area contributed by atoms with Crippen LogP contribution >= 0.6 is 35.1 Å². The van der Waals surface area contributed by atoms with Crippen LogP contribution in [-0.2, 0) is 6.54 Å². The minimum Gasteiger partial charge on any atom is -0.369 e. The van der Waals surface area contributed by atoms with E-state index >= 15 is 0 Å². The molecule has 0 amide bonds. The number of nitrogens with one attached hydrogen (secondary N) is 1. The molecular formula is C25H20Cl2N4S. The number of rotatable bonds is 6. The second kappa shape index (κ2) is 10.6. The number of nitrogens with zero attached hydrogens (tertiary/aromatic N) is 2. The highest BCUT2D eigenvalue weighted by molar-refractivity contribution is 7.98. The summed E-state index contributed by atoms with van der Waals surface area (Å²) in [4.78, 5) is 10.3. The maximum atomic E-state index is 6.09. The molecule has 1 aromatic heterocycles. The van der Waals surface area contributed by atoms with Gasteiger partial charge < -0.3 is 5.73 Å². The highest BCUT2D eigenvalue weighted by Crippen LogP contribution is 2.32. The minimum atomic E-state index is 0.355. The normalized spacial score (nSPS) is 11.4. The molecule has 4 aromatic rings. The molecule has 7 heteroatoms. The van der Waals surface area contributed by atoms with Crippen LogP contribution in [0.15, 0.2) is 101 Å². The van der Waals surface area contributed by atoms with Crippen molar-refractivity contribution >= 4 is 41.1 Å². The Morgan fingerprint density at radius 2 is 1.50 bits per heavy atom. The van der Waals surface area contributed by atoms with Gasteiger partial charge in [0.2, 0.25) is 0 Å². The van der Waals surface area contributed by atoms with E-state index in [1.807, 2.05) is 85.1 Å². The van der Waals surface area contributed by atoms with Crippen molar-refractivity contribution < 1.29 is 0 Å². The van der Waals surface area contributed by atoms with Crippen LogP contribution in [0.1, 0.15) is 5.56 Å². The molecule has 0 aliphatic carbocycles. The van der Waals surface area contributed by atoms with Crippen molar-refractivity contribution in [3.05, 3.63) is 107 Å². The van der Waals surface area contributed by atoms with Crippen molar-refractivity contribution in [2.75, 3.05) is 0 Å². The van der Waals surface area contributed by atoms with E-state index in [2.05, 4.69) is 15.8 Å². The number of hydrogen-bond donors (Lipinski definition) is 2. The molecule has 0 saturated carbocycles. The van der Waals surface area contributed by atoms with Crippen LogP contribution < -0.4 is 10.5 Å². The summed E-state index contributed by atoms with van der Waals surface area (Å²) < 4.78 is 3.06. The molecule has 0 unspecified atom stereocenters. The first-order chi connectivity index (χ1) is 15.6. The zero-order chi connectivity index (χ0) is 22.3. The summed E-state index contributed by atoms with van der Waals surface area (Å²) in [6, 6.07) is 27.4. The lowest BCUT2D eigenvalue weighted by molar-refractivity contribution is 1.03. The Morgan fingerprint density at radius 3 is 2.16 bits per heavy atom. The molecule has 1 heterocycles. The van der Waals surface area contributed by atoms with Gasteiger partial charge in [-0.3, -0.25) is 9.71 Å². The van der Waals surface area contributed by atoms with Crippen LogP contribution in [0, 0.1) is 0 Å². The number of aromatic nitrogens is 1. The molecular weight excluding hydrogens is 459 g/mol. The quantitative estimate of drug-likeness (QED) is 0.181. The lowest BCUT2D eigenvalue weighted by Crippen LogP contribution is -2.25. The number of aliphatic imine (C=N–C) groups is 1. The van der Waals surface area contributed by atoms with E-state index in [-0.39, 0.29) is 0 Å². The molecule has 0 saturated heterocycles. The number of nitrogens with two attached hydrogens (primary N) is 1. The van der Waals surface area contributed by atoms with Gasteiger partial charge in [0.15, 0.2) is 5.96 Å². The SMILES string of the molecule is NC(=NCc1cnc(-c2ccc(Cl)cc2)c(-c2ccc(Cl)cc2)c1)NSc1ccccc1. The van der Waals surface area contributed by atoms with Gasteiger partial charge in [0.25, 0.3) is 0 Å². The summed E-state index contributed by atoms with van der Waals surface area (Å²) in [5, 5.41) is 1.37. The van der Waals surface area contributed by atoms with E-state index in [4.69, 9.17) is 33.9 Å². The second-order valence-corrected chi connectivity index (χ2v) is 8.72. The standard InChI is InChI=1S/C25H20Cl2N4S/c26-20-10-6-18(7-11-20)23-14-17(15-29-24(23)19-8-12-21(27)13-9-19)16-30-25(28)31-32-22-4-2-1-3-5-22/h1-15H,16H2,(H3,28,30,31). The zero-order valence-electron chi connectivity index (χ0n) is 17.0. The minimum absolute atomic E-state index is 0.355. The zero-order valence-corrected chi connectivity index (χ0v) is 19.3. The Kier molecular flexibility index (Phi) is 7.32. The van der Waals surface area contributed by atoms with Crippen molar-refractivity contribution in [2.24, 2.45) is 10.7 Å². The molecule has 0 atom stereocenters. The van der Waals surface area contributed by atoms with E-state index in [1.165, 1.54) is 11.9 Å². The number of halogens is 2. The number of benzene rings is 3. The topological polar surface area (TPSA) is 63.3 Å². The van der Waals surface area contributed by atoms with Crippen molar-refractivity contribution in [1.82, 2.24) is 9.71 Å². The van der Waals surface area contributed by atoms with E-state index in [0.717, 1.165) is 32.8 Å². The molecule has 3 aromatic carbocycles. The van der Waals surface area contributed by atoms with E-state index in [0.29, 0.717) is 22.5 Å². The van der Waals surface area contributed by atoms with Crippen LogP contribution in [0.4, 0.5) is 0 Å². The van der Waals surface area contributed by atoms with Crippen LogP contribution in [0.5, 0.6) is 0 Å². The largest absolute Gasteiger partial charge is 0.369 e. The second-order valence-electron chi connectivity index (χ2n) is 6.97. The smallest absolute Gasteiger partial charge is 0.199 e. The predicted octanol–water partition coefficient (Wildman–Crippen LogP) is 6.83. The summed E-state index contributed by atoms with van der Waals surface area (Å²) in [6.45, 7) is 0.405. The lowest BCUT2D eigenvalue weighted by Gasteiger charge is -2.12. The van der Waals surface area contributed by atoms with Crippen molar-refractivity contribution in [1.29, 1.82) is 0 Å². The Balaban J connectivity index is 1.58. The molecule has 0 aliphatic rings. The molecule has 0 radical (unpaired) electrons. The molecule has 0 bridgehead atoms. The van der Waals surface area contributed by atoms with Crippen molar-refractivity contribution in [3.8, 4) is 22.4 Å². The molecule has 160 valence electrons. The number of guanidine groups is 1. The monoisotopic (exact) mass is 478 g/mol. The van der Waals surface area contributed by atoms with Crippen molar-refractivity contribution in [3.63, 3.8) is 0 Å². The maximum absolute atomic E-state index is 6.09. The van der Waals surface area contributed by atoms with Gasteiger partial charge in [0.1, 0.15) is 0 Å². The van der Waals surface area contributed by atoms with Gasteiger partial charge in [0, 0.05) is 32.3 Å². The van der Waals surface area contributed by atoms with Crippen LogP contribution in [-0.4, -0.2) is 10.9 Å². The molecule has 0 fully saturated rings. The molecule has 4 nitrogen and oxygen atoms in total. The number of pyridine rings is 1. The molecule has 4 rings (SSSR count). The molecule has 32 heavy (non-hydrogen) atoms. The van der Waals surface area contributed by atoms with Gasteiger partial charge >= 0.3 is 0 Å². The highest BCUT2D eigenvalue weighted by atomic mass is 35.5. The third-order valence-electron chi connectivity index (χ3n) is 4.67. The van der Waals surface area contributed by atoms with E-state index < -0.39 is 0 Å². The summed E-state index contributed by atoms with van der Waals surface area (Å²) in [5.41, 5.74) is 10.8. The van der Waals surface area contributed by atoms with Crippen LogP contribution in [0.25, 0.3) is 22.4 Å². The molecule has 0 aliphatic heterocycles. The fourth-order valence-corrected chi connectivity index (χ4v) is 3.92. The highest BCUT2D eigenvalue weighted by Gasteiger charge is 2.11. The lowest BCUT2D eigenvalue weighted by atomic mass is 9.98.